The third kappa shape index (κ3) is 7.35. The number of nitrogens with one attached hydrogen (secondary N) is 2. The molecule has 9 heteroatoms. The average Bonchev–Trinajstić information content (AvgIpc) is 2.88. The number of nitrogens with zero attached hydrogens (tertiary/aromatic N) is 1. The molecule has 0 aromatic heterocycles. The summed E-state index contributed by atoms with van der Waals surface area (Å²) in [4.78, 5) is 25.1. The van der Waals surface area contributed by atoms with Crippen LogP contribution in [0, 0.1) is 25.2 Å². The van der Waals surface area contributed by atoms with Gasteiger partial charge in [0.2, 0.25) is 0 Å². The van der Waals surface area contributed by atoms with Gasteiger partial charge in [-0.1, -0.05) is 17.7 Å². The van der Waals surface area contributed by atoms with Crippen molar-refractivity contribution < 1.29 is 23.8 Å². The van der Waals surface area contributed by atoms with Crippen LogP contribution in [0.25, 0.3) is 6.08 Å². The summed E-state index contributed by atoms with van der Waals surface area (Å²) in [7, 11) is 3.02. The fraction of sp³-hybridized carbons (Fsp3) is 0.179. The van der Waals surface area contributed by atoms with Crippen molar-refractivity contribution in [3.05, 3.63) is 81.3 Å². The van der Waals surface area contributed by atoms with Gasteiger partial charge < -0.3 is 24.8 Å². The maximum absolute atomic E-state index is 12.7. The molecule has 3 aromatic rings. The minimum Gasteiger partial charge on any atom is -0.497 e. The number of anilines is 2. The van der Waals surface area contributed by atoms with Gasteiger partial charge in [-0.25, -0.2) is 0 Å². The zero-order chi connectivity index (χ0) is 26.9. The van der Waals surface area contributed by atoms with Gasteiger partial charge in [0.15, 0.2) is 18.1 Å². The summed E-state index contributed by atoms with van der Waals surface area (Å²) >= 11 is 3.43. The van der Waals surface area contributed by atoms with Crippen LogP contribution in [0.5, 0.6) is 17.2 Å². The second kappa shape index (κ2) is 12.6. The molecule has 0 aliphatic carbocycles. The first-order valence-corrected chi connectivity index (χ1v) is 12.0. The van der Waals surface area contributed by atoms with E-state index in [0.717, 1.165) is 11.1 Å². The highest BCUT2D eigenvalue weighted by Crippen LogP contribution is 2.37. The molecule has 0 aliphatic heterocycles. The Bertz CT molecular complexity index is 1380. The maximum atomic E-state index is 12.7. The molecule has 0 saturated heterocycles. The number of ether oxygens (including phenoxy) is 3. The Morgan fingerprint density at radius 1 is 1.00 bits per heavy atom. The van der Waals surface area contributed by atoms with Crippen molar-refractivity contribution in [2.24, 2.45) is 0 Å². The van der Waals surface area contributed by atoms with Crippen molar-refractivity contribution >= 4 is 45.2 Å². The van der Waals surface area contributed by atoms with Crippen molar-refractivity contribution in [1.29, 1.82) is 5.26 Å². The van der Waals surface area contributed by atoms with Crippen LogP contribution in [0.3, 0.4) is 0 Å². The van der Waals surface area contributed by atoms with Gasteiger partial charge in [0.05, 0.1) is 18.7 Å². The number of aryl methyl sites for hydroxylation is 2. The van der Waals surface area contributed by atoms with Crippen LogP contribution in [-0.4, -0.2) is 32.6 Å². The van der Waals surface area contributed by atoms with E-state index in [1.54, 1.807) is 49.6 Å². The zero-order valence-electron chi connectivity index (χ0n) is 20.8. The predicted molar refractivity (Wildman–Crippen MR) is 146 cm³/mol. The van der Waals surface area contributed by atoms with Gasteiger partial charge in [-0.05, 0) is 89.4 Å². The summed E-state index contributed by atoms with van der Waals surface area (Å²) < 4.78 is 16.7. The molecular weight excluding hydrogens is 538 g/mol. The molecule has 0 heterocycles. The van der Waals surface area contributed by atoms with Crippen LogP contribution in [0.2, 0.25) is 0 Å². The number of hydrogen-bond acceptors (Lipinski definition) is 6. The highest BCUT2D eigenvalue weighted by molar-refractivity contribution is 9.10. The van der Waals surface area contributed by atoms with Crippen molar-refractivity contribution in [1.82, 2.24) is 0 Å². The predicted octanol–water partition coefficient (Wildman–Crippen LogP) is 5.65. The van der Waals surface area contributed by atoms with E-state index in [0.29, 0.717) is 38.7 Å². The Hall–Kier alpha value is -4.29. The van der Waals surface area contributed by atoms with Gasteiger partial charge >= 0.3 is 0 Å². The molecule has 8 nitrogen and oxygen atoms in total. The van der Waals surface area contributed by atoms with Gasteiger partial charge in [0.1, 0.15) is 17.4 Å². The lowest BCUT2D eigenvalue weighted by Crippen LogP contribution is -2.20. The molecule has 3 rings (SSSR count). The summed E-state index contributed by atoms with van der Waals surface area (Å²) in [6.45, 7) is 3.58. The number of nitriles is 1. The summed E-state index contributed by atoms with van der Waals surface area (Å²) in [6.07, 6.45) is 1.45. The van der Waals surface area contributed by atoms with E-state index >= 15 is 0 Å². The first kappa shape index (κ1) is 27.3. The SMILES string of the molecule is COc1ccc(NC(=O)COc2c(Br)cc(/C=C(\C#N)C(=O)Nc3ccc(C)cc3C)cc2OC)cc1. The van der Waals surface area contributed by atoms with Crippen molar-refractivity contribution in [3.8, 4) is 23.3 Å². The van der Waals surface area contributed by atoms with Crippen molar-refractivity contribution in [2.75, 3.05) is 31.5 Å². The summed E-state index contributed by atoms with van der Waals surface area (Å²) in [5.74, 6) is 0.421. The average molecular weight is 564 g/mol. The number of methoxy groups -OCH3 is 2. The van der Waals surface area contributed by atoms with Gasteiger partial charge in [-0.15, -0.1) is 0 Å². The normalized spacial score (nSPS) is 10.8. The third-order valence-electron chi connectivity index (χ3n) is 5.28. The molecule has 0 radical (unpaired) electrons. The highest BCUT2D eigenvalue weighted by atomic mass is 79.9. The number of carbonyl (C=O) groups is 2. The summed E-state index contributed by atoms with van der Waals surface area (Å²) in [5, 5.41) is 15.1. The Balaban J connectivity index is 1.73. The molecule has 0 aliphatic rings. The molecule has 2 amide bonds. The molecule has 2 N–H and O–H groups in total. The van der Waals surface area contributed by atoms with Crippen LogP contribution < -0.4 is 24.8 Å². The zero-order valence-corrected chi connectivity index (χ0v) is 22.4. The van der Waals surface area contributed by atoms with Gasteiger partial charge in [0, 0.05) is 11.4 Å². The lowest BCUT2D eigenvalue weighted by molar-refractivity contribution is -0.118. The molecule has 0 fully saturated rings. The minimum atomic E-state index is -0.528. The second-order valence-corrected chi connectivity index (χ2v) is 8.90. The lowest BCUT2D eigenvalue weighted by Gasteiger charge is -2.14. The second-order valence-electron chi connectivity index (χ2n) is 8.04. The fourth-order valence-corrected chi connectivity index (χ4v) is 4.01. The van der Waals surface area contributed by atoms with Crippen LogP contribution in [-0.2, 0) is 9.59 Å². The van der Waals surface area contributed by atoms with Gasteiger partial charge in [-0.2, -0.15) is 5.26 Å². The van der Waals surface area contributed by atoms with Crippen LogP contribution >= 0.6 is 15.9 Å². The molecule has 0 atom stereocenters. The molecule has 0 spiro atoms. The Labute approximate surface area is 224 Å². The highest BCUT2D eigenvalue weighted by Gasteiger charge is 2.16. The number of hydrogen-bond donors (Lipinski definition) is 2. The van der Waals surface area contributed by atoms with E-state index < -0.39 is 5.91 Å². The van der Waals surface area contributed by atoms with Gasteiger partial charge in [-0.3, -0.25) is 9.59 Å². The Morgan fingerprint density at radius 2 is 1.73 bits per heavy atom. The van der Waals surface area contributed by atoms with Crippen molar-refractivity contribution in [3.63, 3.8) is 0 Å². The lowest BCUT2D eigenvalue weighted by atomic mass is 10.1. The number of carbonyl (C=O) groups excluding carboxylic acids is 2. The molecular formula is C28H26BrN3O5. The molecule has 190 valence electrons. The van der Waals surface area contributed by atoms with E-state index in [9.17, 15) is 14.9 Å². The minimum absolute atomic E-state index is 0.0820. The molecule has 37 heavy (non-hydrogen) atoms. The standard InChI is InChI=1S/C28H26BrN3O5/c1-17-5-10-24(18(2)11-17)32-28(34)20(15-30)12-19-13-23(29)27(25(14-19)36-4)37-16-26(33)31-21-6-8-22(35-3)9-7-21/h5-14H,16H2,1-4H3,(H,31,33)(H,32,34)/b20-12+. The fourth-order valence-electron chi connectivity index (χ4n) is 3.43. The number of benzene rings is 3. The van der Waals surface area contributed by atoms with E-state index in [2.05, 4.69) is 26.6 Å². The van der Waals surface area contributed by atoms with E-state index in [1.165, 1.54) is 13.2 Å². The number of rotatable bonds is 9. The largest absolute Gasteiger partial charge is 0.497 e. The van der Waals surface area contributed by atoms with E-state index in [-0.39, 0.29) is 18.1 Å². The summed E-state index contributed by atoms with van der Waals surface area (Å²) in [5.41, 5.74) is 3.65. The van der Waals surface area contributed by atoms with Crippen LogP contribution in [0.1, 0.15) is 16.7 Å². The van der Waals surface area contributed by atoms with E-state index in [4.69, 9.17) is 14.2 Å². The Morgan fingerprint density at radius 3 is 2.35 bits per heavy atom. The topological polar surface area (TPSA) is 110 Å². The quantitative estimate of drug-likeness (QED) is 0.257. The van der Waals surface area contributed by atoms with E-state index in [1.807, 2.05) is 32.0 Å². The van der Waals surface area contributed by atoms with Crippen LogP contribution in [0.15, 0.2) is 64.6 Å². The molecule has 0 bridgehead atoms. The molecule has 0 saturated carbocycles. The first-order chi connectivity index (χ1) is 17.7. The summed E-state index contributed by atoms with van der Waals surface area (Å²) in [6, 6.07) is 17.8. The Kier molecular flexibility index (Phi) is 9.30. The van der Waals surface area contributed by atoms with Gasteiger partial charge in [0.25, 0.3) is 11.8 Å². The number of halogens is 1. The number of amides is 2. The van der Waals surface area contributed by atoms with Crippen molar-refractivity contribution in [2.45, 2.75) is 13.8 Å². The van der Waals surface area contributed by atoms with Crippen LogP contribution in [0.4, 0.5) is 11.4 Å². The monoisotopic (exact) mass is 563 g/mol. The smallest absolute Gasteiger partial charge is 0.266 e. The first-order valence-electron chi connectivity index (χ1n) is 11.2. The molecule has 3 aromatic carbocycles. The third-order valence-corrected chi connectivity index (χ3v) is 5.87. The molecule has 0 unspecified atom stereocenters. The maximum Gasteiger partial charge on any atom is 0.266 e.